The number of hydrogen-bond acceptors (Lipinski definition) is 4. The lowest BCUT2D eigenvalue weighted by Gasteiger charge is -2.17. The molecule has 0 atom stereocenters. The quantitative estimate of drug-likeness (QED) is 0.415. The van der Waals surface area contributed by atoms with Crippen LogP contribution in [-0.4, -0.2) is 23.8 Å². The van der Waals surface area contributed by atoms with E-state index in [1.54, 1.807) is 18.8 Å². The van der Waals surface area contributed by atoms with E-state index < -0.39 is 0 Å². The van der Waals surface area contributed by atoms with Gasteiger partial charge in [0.1, 0.15) is 17.2 Å². The molecule has 0 aliphatic heterocycles. The number of benzene rings is 3. The van der Waals surface area contributed by atoms with Crippen molar-refractivity contribution < 1.29 is 9.47 Å². The van der Waals surface area contributed by atoms with Gasteiger partial charge in [0, 0.05) is 11.1 Å². The van der Waals surface area contributed by atoms with E-state index in [4.69, 9.17) is 21.1 Å². The van der Waals surface area contributed by atoms with Crippen LogP contribution in [-0.2, 0) is 6.54 Å². The number of methoxy groups -OCH3 is 2. The predicted molar refractivity (Wildman–Crippen MR) is 123 cm³/mol. The molecule has 1 heterocycles. The maximum absolute atomic E-state index is 13.6. The van der Waals surface area contributed by atoms with E-state index in [9.17, 15) is 4.79 Å². The highest BCUT2D eigenvalue weighted by Gasteiger charge is 2.18. The first-order valence-corrected chi connectivity index (χ1v) is 10.1. The Morgan fingerprint density at radius 2 is 1.39 bits per heavy atom. The van der Waals surface area contributed by atoms with Gasteiger partial charge in [-0.3, -0.25) is 9.36 Å². The fourth-order valence-electron chi connectivity index (χ4n) is 3.41. The molecule has 0 spiro atoms. The van der Waals surface area contributed by atoms with Gasteiger partial charge in [0.05, 0.1) is 26.5 Å². The molecule has 31 heavy (non-hydrogen) atoms. The molecular weight excluding hydrogens is 412 g/mol. The van der Waals surface area contributed by atoms with E-state index >= 15 is 0 Å². The molecule has 5 nitrogen and oxygen atoms in total. The third kappa shape index (κ3) is 4.32. The molecule has 0 aliphatic carbocycles. The fourth-order valence-corrected chi connectivity index (χ4v) is 3.71. The average molecular weight is 433 g/mol. The van der Waals surface area contributed by atoms with Gasteiger partial charge in [-0.1, -0.05) is 54.1 Å². The molecular formula is C25H21ClN2O3. The minimum atomic E-state index is -0.211. The molecule has 6 heteroatoms. The van der Waals surface area contributed by atoms with Crippen molar-refractivity contribution in [2.75, 3.05) is 14.2 Å². The van der Waals surface area contributed by atoms with E-state index in [-0.39, 0.29) is 10.7 Å². The Labute approximate surface area is 185 Å². The second-order valence-corrected chi connectivity index (χ2v) is 7.29. The summed E-state index contributed by atoms with van der Waals surface area (Å²) in [6.45, 7) is 0.340. The first-order valence-electron chi connectivity index (χ1n) is 9.74. The van der Waals surface area contributed by atoms with Gasteiger partial charge >= 0.3 is 0 Å². The molecule has 4 rings (SSSR count). The van der Waals surface area contributed by atoms with E-state index in [0.717, 1.165) is 28.2 Å². The fraction of sp³-hybridized carbons (Fsp3) is 0.120. The second kappa shape index (κ2) is 9.06. The molecule has 0 bridgehead atoms. The Hall–Kier alpha value is -3.57. The smallest absolute Gasteiger partial charge is 0.277 e. The summed E-state index contributed by atoms with van der Waals surface area (Å²) < 4.78 is 12.2. The van der Waals surface area contributed by atoms with Gasteiger partial charge in [-0.05, 0) is 42.0 Å². The minimum Gasteiger partial charge on any atom is -0.497 e. The Kier molecular flexibility index (Phi) is 6.05. The molecule has 4 aromatic rings. The number of halogens is 1. The van der Waals surface area contributed by atoms with Gasteiger partial charge in [0.15, 0.2) is 5.15 Å². The van der Waals surface area contributed by atoms with Crippen molar-refractivity contribution in [3.63, 3.8) is 0 Å². The van der Waals surface area contributed by atoms with Crippen molar-refractivity contribution in [3.05, 3.63) is 99.9 Å². The summed E-state index contributed by atoms with van der Waals surface area (Å²) in [6, 6.07) is 24.3. The third-order valence-electron chi connectivity index (χ3n) is 5.03. The Balaban J connectivity index is 1.90. The summed E-state index contributed by atoms with van der Waals surface area (Å²) in [5.74, 6) is 1.47. The molecule has 0 amide bonds. The molecule has 156 valence electrons. The molecule has 0 radical (unpaired) electrons. The summed E-state index contributed by atoms with van der Waals surface area (Å²) in [5, 5.41) is 0.261. The maximum Gasteiger partial charge on any atom is 0.277 e. The number of aromatic nitrogens is 2. The van der Waals surface area contributed by atoms with Crippen LogP contribution in [0.25, 0.3) is 22.5 Å². The zero-order valence-corrected chi connectivity index (χ0v) is 18.0. The molecule has 0 saturated carbocycles. The number of hydrogen-bond donors (Lipinski definition) is 0. The Bertz CT molecular complexity index is 1240. The van der Waals surface area contributed by atoms with Crippen molar-refractivity contribution in [2.45, 2.75) is 6.54 Å². The van der Waals surface area contributed by atoms with Crippen LogP contribution in [0.15, 0.2) is 83.7 Å². The van der Waals surface area contributed by atoms with Crippen molar-refractivity contribution in [3.8, 4) is 34.0 Å². The van der Waals surface area contributed by atoms with E-state index in [1.807, 2.05) is 78.9 Å². The molecule has 3 aromatic carbocycles. The van der Waals surface area contributed by atoms with Gasteiger partial charge in [-0.2, -0.15) is 0 Å². The van der Waals surface area contributed by atoms with Crippen LogP contribution in [0, 0.1) is 0 Å². The zero-order chi connectivity index (χ0) is 21.8. The van der Waals surface area contributed by atoms with Gasteiger partial charge in [0.25, 0.3) is 5.56 Å². The van der Waals surface area contributed by atoms with Crippen molar-refractivity contribution >= 4 is 11.6 Å². The number of rotatable bonds is 6. The normalized spacial score (nSPS) is 10.7. The monoisotopic (exact) mass is 432 g/mol. The molecule has 0 N–H and O–H groups in total. The summed E-state index contributed by atoms with van der Waals surface area (Å²) in [5.41, 5.74) is 3.11. The Morgan fingerprint density at radius 3 is 1.97 bits per heavy atom. The highest BCUT2D eigenvalue weighted by Crippen LogP contribution is 2.29. The van der Waals surface area contributed by atoms with Crippen molar-refractivity contribution in [1.82, 2.24) is 9.55 Å². The minimum absolute atomic E-state index is 0.211. The topological polar surface area (TPSA) is 53.4 Å². The predicted octanol–water partition coefficient (Wildman–Crippen LogP) is 5.30. The number of nitrogens with zero attached hydrogens (tertiary/aromatic N) is 2. The van der Waals surface area contributed by atoms with Gasteiger partial charge in [0.2, 0.25) is 0 Å². The highest BCUT2D eigenvalue weighted by molar-refractivity contribution is 6.32. The van der Waals surface area contributed by atoms with Crippen LogP contribution in [0.1, 0.15) is 5.56 Å². The van der Waals surface area contributed by atoms with E-state index in [2.05, 4.69) is 4.98 Å². The Morgan fingerprint density at radius 1 is 0.806 bits per heavy atom. The lowest BCUT2D eigenvalue weighted by molar-refractivity contribution is 0.414. The molecule has 0 fully saturated rings. The summed E-state index contributed by atoms with van der Waals surface area (Å²) in [4.78, 5) is 18.0. The van der Waals surface area contributed by atoms with Gasteiger partial charge in [-0.15, -0.1) is 0 Å². The standard InChI is InChI=1S/C25H21ClN2O3/c1-30-20-12-8-17(9-13-20)16-28-23(19-10-14-21(31-2)15-11-19)24(26)27-22(25(28)29)18-6-4-3-5-7-18/h3-15H,16H2,1-2H3. The molecule has 0 aliphatic rings. The lowest BCUT2D eigenvalue weighted by atomic mass is 10.1. The third-order valence-corrected chi connectivity index (χ3v) is 5.30. The molecule has 0 saturated heterocycles. The number of ether oxygens (including phenoxy) is 2. The summed E-state index contributed by atoms with van der Waals surface area (Å²) >= 11 is 6.66. The van der Waals surface area contributed by atoms with Crippen LogP contribution in [0.3, 0.4) is 0 Å². The largest absolute Gasteiger partial charge is 0.497 e. The zero-order valence-electron chi connectivity index (χ0n) is 17.2. The van der Waals surface area contributed by atoms with Crippen molar-refractivity contribution in [2.24, 2.45) is 0 Å². The maximum atomic E-state index is 13.6. The average Bonchev–Trinajstić information content (AvgIpc) is 2.82. The van der Waals surface area contributed by atoms with Crippen LogP contribution in [0.5, 0.6) is 11.5 Å². The first-order chi connectivity index (χ1) is 15.1. The van der Waals surface area contributed by atoms with Crippen LogP contribution < -0.4 is 15.0 Å². The van der Waals surface area contributed by atoms with E-state index in [1.165, 1.54) is 0 Å². The SMILES string of the molecule is COc1ccc(Cn2c(-c3ccc(OC)cc3)c(Cl)nc(-c3ccccc3)c2=O)cc1. The lowest BCUT2D eigenvalue weighted by Crippen LogP contribution is -2.26. The van der Waals surface area contributed by atoms with Crippen LogP contribution in [0.4, 0.5) is 0 Å². The highest BCUT2D eigenvalue weighted by atomic mass is 35.5. The van der Waals surface area contributed by atoms with Crippen LogP contribution >= 0.6 is 11.6 Å². The summed E-state index contributed by atoms with van der Waals surface area (Å²) in [7, 11) is 3.23. The van der Waals surface area contributed by atoms with Gasteiger partial charge < -0.3 is 9.47 Å². The summed E-state index contributed by atoms with van der Waals surface area (Å²) in [6.07, 6.45) is 0. The molecule has 0 unspecified atom stereocenters. The van der Waals surface area contributed by atoms with E-state index in [0.29, 0.717) is 17.9 Å². The second-order valence-electron chi connectivity index (χ2n) is 6.93. The first kappa shape index (κ1) is 20.7. The molecule has 1 aromatic heterocycles. The van der Waals surface area contributed by atoms with Crippen molar-refractivity contribution in [1.29, 1.82) is 0 Å². The van der Waals surface area contributed by atoms with Crippen LogP contribution in [0.2, 0.25) is 5.15 Å². The van der Waals surface area contributed by atoms with Gasteiger partial charge in [-0.25, -0.2) is 4.98 Å².